The molecule has 0 radical (unpaired) electrons. The Bertz CT molecular complexity index is 768. The second kappa shape index (κ2) is 5.69. The van der Waals surface area contributed by atoms with Crippen LogP contribution in [0.3, 0.4) is 0 Å². The molecule has 2 unspecified atom stereocenters. The Kier molecular flexibility index (Phi) is 3.35. The summed E-state index contributed by atoms with van der Waals surface area (Å²) in [7, 11) is 0. The number of hydrogen-bond acceptors (Lipinski definition) is 4. The Morgan fingerprint density at radius 1 is 0.917 bits per heavy atom. The second-order valence-electron chi connectivity index (χ2n) is 7.25. The molecule has 0 saturated carbocycles. The molecule has 3 aliphatic rings. The SMILES string of the molecule is C1=CCC2CN(c3nc(-c4ccncc4)nc4c3CCC4)CC2C1. The van der Waals surface area contributed by atoms with Crippen molar-refractivity contribution in [3.8, 4) is 11.4 Å². The number of pyridine rings is 1. The van der Waals surface area contributed by atoms with E-state index in [4.69, 9.17) is 9.97 Å². The summed E-state index contributed by atoms with van der Waals surface area (Å²) in [6, 6.07) is 4.02. The first kappa shape index (κ1) is 14.1. The Hall–Kier alpha value is -2.23. The van der Waals surface area contributed by atoms with Crippen LogP contribution < -0.4 is 4.90 Å². The summed E-state index contributed by atoms with van der Waals surface area (Å²) in [6.07, 6.45) is 14.2. The van der Waals surface area contributed by atoms with Gasteiger partial charge in [-0.25, -0.2) is 9.97 Å². The van der Waals surface area contributed by atoms with E-state index in [0.717, 1.165) is 49.2 Å². The van der Waals surface area contributed by atoms with Crippen molar-refractivity contribution in [1.29, 1.82) is 0 Å². The third kappa shape index (κ3) is 2.32. The summed E-state index contributed by atoms with van der Waals surface area (Å²) >= 11 is 0. The molecule has 3 heterocycles. The molecule has 0 aromatic carbocycles. The van der Waals surface area contributed by atoms with Gasteiger partial charge in [0, 0.05) is 42.3 Å². The predicted molar refractivity (Wildman–Crippen MR) is 94.9 cm³/mol. The molecule has 0 N–H and O–H groups in total. The molecule has 1 aliphatic heterocycles. The molecule has 122 valence electrons. The molecule has 2 aliphatic carbocycles. The van der Waals surface area contributed by atoms with Crippen molar-refractivity contribution in [2.24, 2.45) is 11.8 Å². The van der Waals surface area contributed by atoms with Crippen LogP contribution in [0.1, 0.15) is 30.5 Å². The zero-order chi connectivity index (χ0) is 15.9. The van der Waals surface area contributed by atoms with Gasteiger partial charge in [-0.15, -0.1) is 0 Å². The van der Waals surface area contributed by atoms with E-state index in [0.29, 0.717) is 0 Å². The highest BCUT2D eigenvalue weighted by Crippen LogP contribution is 2.38. The van der Waals surface area contributed by atoms with Crippen LogP contribution in [0, 0.1) is 11.8 Å². The molecule has 1 fully saturated rings. The van der Waals surface area contributed by atoms with Gasteiger partial charge >= 0.3 is 0 Å². The van der Waals surface area contributed by atoms with E-state index in [9.17, 15) is 0 Å². The molecule has 4 nitrogen and oxygen atoms in total. The minimum Gasteiger partial charge on any atom is -0.356 e. The molecule has 0 spiro atoms. The van der Waals surface area contributed by atoms with Crippen molar-refractivity contribution < 1.29 is 0 Å². The molecule has 0 bridgehead atoms. The first-order chi connectivity index (χ1) is 11.9. The second-order valence-corrected chi connectivity index (χ2v) is 7.25. The lowest BCUT2D eigenvalue weighted by Gasteiger charge is -2.21. The lowest BCUT2D eigenvalue weighted by Crippen LogP contribution is -2.23. The molecule has 2 atom stereocenters. The van der Waals surface area contributed by atoms with Gasteiger partial charge in [-0.2, -0.15) is 0 Å². The molecule has 1 saturated heterocycles. The van der Waals surface area contributed by atoms with Crippen molar-refractivity contribution >= 4 is 5.82 Å². The van der Waals surface area contributed by atoms with Crippen molar-refractivity contribution in [2.75, 3.05) is 18.0 Å². The van der Waals surface area contributed by atoms with E-state index in [-0.39, 0.29) is 0 Å². The topological polar surface area (TPSA) is 41.9 Å². The van der Waals surface area contributed by atoms with Crippen LogP contribution in [0.2, 0.25) is 0 Å². The van der Waals surface area contributed by atoms with Gasteiger partial charge < -0.3 is 4.90 Å². The van der Waals surface area contributed by atoms with E-state index >= 15 is 0 Å². The Balaban J connectivity index is 1.55. The molecular formula is C20H22N4. The maximum atomic E-state index is 5.02. The van der Waals surface area contributed by atoms with Crippen molar-refractivity contribution in [2.45, 2.75) is 32.1 Å². The van der Waals surface area contributed by atoms with E-state index in [2.05, 4.69) is 22.0 Å². The standard InChI is InChI=1S/C20H22N4/c1-2-5-16-13-24(12-15(16)4-1)20-17-6-3-7-18(17)22-19(23-20)14-8-10-21-11-9-14/h1-2,8-11,15-16H,3-7,12-13H2. The summed E-state index contributed by atoms with van der Waals surface area (Å²) in [5, 5.41) is 0. The van der Waals surface area contributed by atoms with Crippen LogP contribution >= 0.6 is 0 Å². The third-order valence-corrected chi connectivity index (χ3v) is 5.77. The van der Waals surface area contributed by atoms with Gasteiger partial charge in [0.1, 0.15) is 5.82 Å². The maximum absolute atomic E-state index is 5.02. The van der Waals surface area contributed by atoms with Crippen LogP contribution in [0.4, 0.5) is 5.82 Å². The number of allylic oxidation sites excluding steroid dienone is 2. The third-order valence-electron chi connectivity index (χ3n) is 5.77. The number of hydrogen-bond donors (Lipinski definition) is 0. The summed E-state index contributed by atoms with van der Waals surface area (Å²) in [5.74, 6) is 3.66. The van der Waals surface area contributed by atoms with Crippen molar-refractivity contribution in [3.05, 3.63) is 47.9 Å². The van der Waals surface area contributed by atoms with Gasteiger partial charge in [0.25, 0.3) is 0 Å². The highest BCUT2D eigenvalue weighted by atomic mass is 15.2. The fraction of sp³-hybridized carbons (Fsp3) is 0.450. The predicted octanol–water partition coefficient (Wildman–Crippen LogP) is 3.43. The smallest absolute Gasteiger partial charge is 0.161 e. The number of fused-ring (bicyclic) bond motifs is 2. The van der Waals surface area contributed by atoms with Crippen LogP contribution in [0.5, 0.6) is 0 Å². The minimum absolute atomic E-state index is 0.798. The zero-order valence-corrected chi connectivity index (χ0v) is 13.9. The lowest BCUT2D eigenvalue weighted by atomic mass is 9.86. The highest BCUT2D eigenvalue weighted by molar-refractivity contribution is 5.61. The number of aromatic nitrogens is 3. The van der Waals surface area contributed by atoms with Gasteiger partial charge in [-0.3, -0.25) is 4.98 Å². The van der Waals surface area contributed by atoms with E-state index in [1.54, 1.807) is 0 Å². The van der Waals surface area contributed by atoms with E-state index < -0.39 is 0 Å². The Labute approximate surface area is 142 Å². The van der Waals surface area contributed by atoms with Crippen molar-refractivity contribution in [1.82, 2.24) is 15.0 Å². The van der Waals surface area contributed by atoms with Gasteiger partial charge in [0.2, 0.25) is 0 Å². The lowest BCUT2D eigenvalue weighted by molar-refractivity contribution is 0.411. The summed E-state index contributed by atoms with van der Waals surface area (Å²) < 4.78 is 0. The molecule has 4 heteroatoms. The Morgan fingerprint density at radius 2 is 1.67 bits per heavy atom. The molecule has 2 aromatic heterocycles. The van der Waals surface area contributed by atoms with E-state index in [1.807, 2.05) is 24.5 Å². The average molecular weight is 318 g/mol. The summed E-state index contributed by atoms with van der Waals surface area (Å²) in [4.78, 5) is 16.5. The number of aryl methyl sites for hydroxylation is 1. The molecule has 5 rings (SSSR count). The monoisotopic (exact) mass is 318 g/mol. The number of anilines is 1. The normalized spacial score (nSPS) is 24.9. The van der Waals surface area contributed by atoms with Crippen molar-refractivity contribution in [3.63, 3.8) is 0 Å². The molecule has 24 heavy (non-hydrogen) atoms. The average Bonchev–Trinajstić information content (AvgIpc) is 3.28. The molecular weight excluding hydrogens is 296 g/mol. The van der Waals surface area contributed by atoms with Crippen LogP contribution in [0.25, 0.3) is 11.4 Å². The van der Waals surface area contributed by atoms with Gasteiger partial charge in [0.15, 0.2) is 5.82 Å². The van der Waals surface area contributed by atoms with Crippen LogP contribution in [-0.4, -0.2) is 28.0 Å². The van der Waals surface area contributed by atoms with Gasteiger partial charge in [-0.1, -0.05) is 12.2 Å². The number of nitrogens with zero attached hydrogens (tertiary/aromatic N) is 4. The summed E-state index contributed by atoms with van der Waals surface area (Å²) in [6.45, 7) is 2.29. The Morgan fingerprint density at radius 3 is 2.42 bits per heavy atom. The fourth-order valence-electron chi connectivity index (χ4n) is 4.49. The highest BCUT2D eigenvalue weighted by Gasteiger charge is 2.35. The molecule has 2 aromatic rings. The molecule has 0 amide bonds. The number of rotatable bonds is 2. The maximum Gasteiger partial charge on any atom is 0.161 e. The largest absolute Gasteiger partial charge is 0.356 e. The zero-order valence-electron chi connectivity index (χ0n) is 13.9. The van der Waals surface area contributed by atoms with Gasteiger partial charge in [-0.05, 0) is 56.1 Å². The first-order valence-corrected chi connectivity index (χ1v) is 9.08. The van der Waals surface area contributed by atoms with Gasteiger partial charge in [0.05, 0.1) is 0 Å². The van der Waals surface area contributed by atoms with Crippen LogP contribution in [-0.2, 0) is 12.8 Å². The quantitative estimate of drug-likeness (QED) is 0.796. The van der Waals surface area contributed by atoms with E-state index in [1.165, 1.54) is 36.3 Å². The minimum atomic E-state index is 0.798. The van der Waals surface area contributed by atoms with Crippen LogP contribution in [0.15, 0.2) is 36.7 Å². The fourth-order valence-corrected chi connectivity index (χ4v) is 4.49. The summed E-state index contributed by atoms with van der Waals surface area (Å²) in [5.41, 5.74) is 3.73. The first-order valence-electron chi connectivity index (χ1n) is 9.08.